The molecule has 13 heavy (non-hydrogen) atoms. The Bertz CT molecular complexity index is 130. The molecule has 0 spiro atoms. The van der Waals surface area contributed by atoms with Crippen LogP contribution in [0.15, 0.2) is 0 Å². The van der Waals surface area contributed by atoms with Crippen molar-refractivity contribution in [3.63, 3.8) is 0 Å². The third-order valence-corrected chi connectivity index (χ3v) is 2.97. The van der Waals surface area contributed by atoms with Crippen molar-refractivity contribution in [2.75, 3.05) is 27.2 Å². The minimum Gasteiger partial charge on any atom is -0.664 e. The Balaban J connectivity index is 0.00000144. The first-order valence-corrected chi connectivity index (χ1v) is 5.00. The van der Waals surface area contributed by atoms with E-state index in [9.17, 15) is 0 Å². The van der Waals surface area contributed by atoms with Crippen LogP contribution in [0.1, 0.15) is 26.2 Å². The number of nitrogens with zero attached hydrogens (tertiary/aromatic N) is 2. The third-order valence-electron chi connectivity index (χ3n) is 2.97. The molecule has 1 aliphatic rings. The monoisotopic (exact) mass is 344 g/mol. The second kappa shape index (κ2) is 7.45. The molecule has 1 rings (SSSR count). The molecule has 0 amide bonds. The molecule has 3 heteroatoms. The van der Waals surface area contributed by atoms with Crippen LogP contribution >= 0.6 is 0 Å². The number of likely N-dealkylation sites (N-methyl/N-ethyl adjacent to an activating group) is 2. The quantitative estimate of drug-likeness (QED) is 0.764. The van der Waals surface area contributed by atoms with Crippen LogP contribution < -0.4 is 0 Å². The van der Waals surface area contributed by atoms with Crippen LogP contribution in [0.25, 0.3) is 5.32 Å². The maximum Gasteiger partial charge on any atom is 0.00941 e. The van der Waals surface area contributed by atoms with Crippen molar-refractivity contribution in [3.05, 3.63) is 5.32 Å². The molecule has 0 N–H and O–H groups in total. The van der Waals surface area contributed by atoms with E-state index in [0.29, 0.717) is 0 Å². The fourth-order valence-corrected chi connectivity index (χ4v) is 2.02. The molecule has 0 aliphatic heterocycles. The minimum atomic E-state index is 0. The first-order valence-electron chi connectivity index (χ1n) is 5.00. The maximum absolute atomic E-state index is 4.12. The van der Waals surface area contributed by atoms with Gasteiger partial charge in [-0.25, -0.2) is 0 Å². The Morgan fingerprint density at radius 2 is 2.08 bits per heavy atom. The Kier molecular flexibility index (Phi) is 8.11. The molecule has 87 valence electrons. The molecular formula is C10H21LuN2-. The predicted molar refractivity (Wildman–Crippen MR) is 53.6 cm³/mol. The summed E-state index contributed by atoms with van der Waals surface area (Å²) in [5.41, 5.74) is 0. The normalized spacial score (nSPS) is 27.7. The molecule has 0 aromatic heterocycles. The molecule has 2 nitrogen and oxygen atoms in total. The van der Waals surface area contributed by atoms with E-state index >= 15 is 0 Å². The molecule has 1 radical (unpaired) electrons. The van der Waals surface area contributed by atoms with E-state index in [-0.39, 0.29) is 36.9 Å². The molecule has 0 aromatic rings. The van der Waals surface area contributed by atoms with Crippen LogP contribution in [0, 0.1) is 42.8 Å². The van der Waals surface area contributed by atoms with Gasteiger partial charge < -0.3 is 10.2 Å². The van der Waals surface area contributed by atoms with Crippen molar-refractivity contribution in [2.45, 2.75) is 32.2 Å². The minimum absolute atomic E-state index is 0. The van der Waals surface area contributed by atoms with Crippen molar-refractivity contribution in [2.24, 2.45) is 5.92 Å². The van der Waals surface area contributed by atoms with E-state index in [1.165, 1.54) is 19.3 Å². The largest absolute Gasteiger partial charge is 0.664 e. The molecular weight excluding hydrogens is 323 g/mol. The average molecular weight is 344 g/mol. The van der Waals surface area contributed by atoms with E-state index in [1.807, 2.05) is 7.05 Å². The van der Waals surface area contributed by atoms with Gasteiger partial charge in [-0.05, 0) is 38.8 Å². The van der Waals surface area contributed by atoms with E-state index < -0.39 is 0 Å². The van der Waals surface area contributed by atoms with E-state index in [2.05, 4.69) is 24.2 Å². The van der Waals surface area contributed by atoms with Crippen LogP contribution in [0.2, 0.25) is 0 Å². The van der Waals surface area contributed by atoms with Crippen molar-refractivity contribution < 1.29 is 36.9 Å². The number of rotatable bonds is 4. The summed E-state index contributed by atoms with van der Waals surface area (Å²) in [5, 5.41) is 4.12. The van der Waals surface area contributed by atoms with Gasteiger partial charge in [0.25, 0.3) is 0 Å². The second-order valence-corrected chi connectivity index (χ2v) is 4.09. The zero-order valence-corrected chi connectivity index (χ0v) is 10.5. The summed E-state index contributed by atoms with van der Waals surface area (Å²) < 4.78 is 0. The van der Waals surface area contributed by atoms with Gasteiger partial charge in [-0.15, -0.1) is 6.54 Å². The SMILES string of the molecule is C[N-]CCN(C)C1CCC(C)C1.[Lu]. The Labute approximate surface area is 112 Å². The van der Waals surface area contributed by atoms with Crippen LogP contribution in [-0.4, -0.2) is 38.1 Å². The van der Waals surface area contributed by atoms with E-state index in [1.54, 1.807) is 0 Å². The van der Waals surface area contributed by atoms with Gasteiger partial charge in [0, 0.05) is 42.9 Å². The van der Waals surface area contributed by atoms with Crippen molar-refractivity contribution in [3.8, 4) is 0 Å². The summed E-state index contributed by atoms with van der Waals surface area (Å²) in [4.78, 5) is 2.47. The molecule has 1 fully saturated rings. The summed E-state index contributed by atoms with van der Waals surface area (Å²) in [7, 11) is 4.12. The van der Waals surface area contributed by atoms with Crippen molar-refractivity contribution >= 4 is 0 Å². The van der Waals surface area contributed by atoms with Gasteiger partial charge in [-0.3, -0.25) is 0 Å². The second-order valence-electron chi connectivity index (χ2n) is 4.09. The zero-order chi connectivity index (χ0) is 8.97. The Morgan fingerprint density at radius 3 is 2.54 bits per heavy atom. The summed E-state index contributed by atoms with van der Waals surface area (Å²) >= 11 is 0. The van der Waals surface area contributed by atoms with Gasteiger partial charge in [0.2, 0.25) is 0 Å². The van der Waals surface area contributed by atoms with Crippen LogP contribution in [0.4, 0.5) is 0 Å². The predicted octanol–water partition coefficient (Wildman–Crippen LogP) is 2.11. The maximum atomic E-state index is 4.12. The van der Waals surface area contributed by atoms with Gasteiger partial charge >= 0.3 is 0 Å². The summed E-state index contributed by atoms with van der Waals surface area (Å²) in [5.74, 6) is 0.941. The molecule has 1 saturated carbocycles. The summed E-state index contributed by atoms with van der Waals surface area (Å²) in [6, 6.07) is 0.835. The Morgan fingerprint density at radius 1 is 1.38 bits per heavy atom. The zero-order valence-electron chi connectivity index (χ0n) is 8.84. The molecule has 2 atom stereocenters. The van der Waals surface area contributed by atoms with Gasteiger partial charge in [0.05, 0.1) is 0 Å². The van der Waals surface area contributed by atoms with E-state index in [0.717, 1.165) is 25.0 Å². The number of hydrogen-bond acceptors (Lipinski definition) is 1. The third kappa shape index (κ3) is 4.97. The van der Waals surface area contributed by atoms with Crippen molar-refractivity contribution in [1.82, 2.24) is 4.90 Å². The fourth-order valence-electron chi connectivity index (χ4n) is 2.02. The van der Waals surface area contributed by atoms with Crippen molar-refractivity contribution in [1.29, 1.82) is 0 Å². The molecule has 0 bridgehead atoms. The first kappa shape index (κ1) is 14.2. The molecule has 0 heterocycles. The number of hydrogen-bond donors (Lipinski definition) is 0. The molecule has 2 unspecified atom stereocenters. The van der Waals surface area contributed by atoms with Gasteiger partial charge in [-0.1, -0.05) is 6.92 Å². The van der Waals surface area contributed by atoms with Crippen LogP contribution in [-0.2, 0) is 0 Å². The first-order chi connectivity index (χ1) is 5.74. The molecule has 0 aromatic carbocycles. The molecule has 1 aliphatic carbocycles. The van der Waals surface area contributed by atoms with Gasteiger partial charge in [-0.2, -0.15) is 7.05 Å². The smallest absolute Gasteiger partial charge is 0.00941 e. The van der Waals surface area contributed by atoms with Crippen LogP contribution in [0.3, 0.4) is 0 Å². The fraction of sp³-hybridized carbons (Fsp3) is 1.00. The summed E-state index contributed by atoms with van der Waals surface area (Å²) in [6.45, 7) is 4.48. The average Bonchev–Trinajstić information content (AvgIpc) is 2.47. The standard InChI is InChI=1S/C10H21N2.Lu/c1-9-4-5-10(8-9)12(3)7-6-11-2;/h9-10H,4-8H2,1-3H3;/q-1;. The van der Waals surface area contributed by atoms with Gasteiger partial charge in [0.15, 0.2) is 0 Å². The van der Waals surface area contributed by atoms with Crippen LogP contribution in [0.5, 0.6) is 0 Å². The van der Waals surface area contributed by atoms with Gasteiger partial charge in [0.1, 0.15) is 0 Å². The van der Waals surface area contributed by atoms with E-state index in [4.69, 9.17) is 0 Å². The summed E-state index contributed by atoms with van der Waals surface area (Å²) in [6.07, 6.45) is 4.19. The molecule has 0 saturated heterocycles. The Hall–Kier alpha value is 1.15. The topological polar surface area (TPSA) is 17.3 Å².